The van der Waals surface area contributed by atoms with Gasteiger partial charge in [0.15, 0.2) is 5.82 Å². The minimum atomic E-state index is -0.348. The van der Waals surface area contributed by atoms with Gasteiger partial charge in [-0.15, -0.1) is 0 Å². The van der Waals surface area contributed by atoms with Crippen LogP contribution in [0.25, 0.3) is 5.82 Å². The zero-order chi connectivity index (χ0) is 24.1. The second-order valence-electron chi connectivity index (χ2n) is 7.61. The highest BCUT2D eigenvalue weighted by molar-refractivity contribution is 5.99. The number of aryl methyl sites for hydroxylation is 3. The Labute approximate surface area is 197 Å². The van der Waals surface area contributed by atoms with Crippen LogP contribution in [0.3, 0.4) is 0 Å². The van der Waals surface area contributed by atoms with Crippen molar-refractivity contribution >= 4 is 17.4 Å². The van der Waals surface area contributed by atoms with E-state index in [4.69, 9.17) is 9.47 Å². The molecule has 4 aromatic rings. The second-order valence-corrected chi connectivity index (χ2v) is 7.61. The smallest absolute Gasteiger partial charge is 0.323 e. The number of anilines is 2. The summed E-state index contributed by atoms with van der Waals surface area (Å²) in [7, 11) is 0. The Morgan fingerprint density at radius 2 is 1.50 bits per heavy atom. The normalized spacial score (nSPS) is 10.6. The number of hydrogen-bond donors (Lipinski definition) is 2. The number of nitrogens with one attached hydrogen (secondary N) is 2. The van der Waals surface area contributed by atoms with Crippen LogP contribution < -0.4 is 20.1 Å². The van der Waals surface area contributed by atoms with Crippen molar-refractivity contribution in [1.82, 2.24) is 19.7 Å². The number of carbonyl (C=O) groups excluding carboxylic acids is 1. The molecule has 0 aliphatic heterocycles. The number of rotatable bonds is 7. The van der Waals surface area contributed by atoms with Crippen molar-refractivity contribution in [3.8, 4) is 23.2 Å². The van der Waals surface area contributed by atoms with Crippen molar-refractivity contribution in [2.24, 2.45) is 0 Å². The van der Waals surface area contributed by atoms with Gasteiger partial charge in [0.05, 0.1) is 12.3 Å². The van der Waals surface area contributed by atoms with Crippen LogP contribution in [-0.2, 0) is 0 Å². The zero-order valence-electron chi connectivity index (χ0n) is 19.5. The summed E-state index contributed by atoms with van der Waals surface area (Å²) in [5.41, 5.74) is 3.17. The molecule has 2 N–H and O–H groups in total. The maximum Gasteiger partial charge on any atom is 0.323 e. The van der Waals surface area contributed by atoms with E-state index < -0.39 is 0 Å². The number of carbonyl (C=O) groups is 1. The third kappa shape index (κ3) is 5.69. The molecular weight excluding hydrogens is 432 g/mol. The topological polar surface area (TPSA) is 103 Å². The van der Waals surface area contributed by atoms with Crippen molar-refractivity contribution in [3.05, 3.63) is 77.9 Å². The van der Waals surface area contributed by atoms with Gasteiger partial charge in [-0.2, -0.15) is 10.1 Å². The Morgan fingerprint density at radius 1 is 0.882 bits per heavy atom. The summed E-state index contributed by atoms with van der Waals surface area (Å²) in [6.45, 7) is 8.22. The van der Waals surface area contributed by atoms with Gasteiger partial charge in [-0.1, -0.05) is 0 Å². The molecule has 9 heteroatoms. The highest BCUT2D eigenvalue weighted by Gasteiger charge is 2.10. The highest BCUT2D eigenvalue weighted by Crippen LogP contribution is 2.24. The molecule has 0 saturated heterocycles. The SMILES string of the molecule is CCOc1ccc(NC(=O)Nc2ccc(Oc3cc(-n4nc(C)cc4C)nc(C)n3)cc2)cc1. The van der Waals surface area contributed by atoms with Crippen molar-refractivity contribution < 1.29 is 14.3 Å². The van der Waals surface area contributed by atoms with Crippen LogP contribution in [0.15, 0.2) is 60.7 Å². The van der Waals surface area contributed by atoms with Gasteiger partial charge in [0, 0.05) is 23.1 Å². The summed E-state index contributed by atoms with van der Waals surface area (Å²) in [4.78, 5) is 21.1. The molecule has 0 atom stereocenters. The summed E-state index contributed by atoms with van der Waals surface area (Å²) in [6.07, 6.45) is 0. The molecule has 0 bridgehead atoms. The van der Waals surface area contributed by atoms with Crippen molar-refractivity contribution in [2.75, 3.05) is 17.2 Å². The molecule has 0 unspecified atom stereocenters. The van der Waals surface area contributed by atoms with E-state index in [0.29, 0.717) is 41.3 Å². The van der Waals surface area contributed by atoms with E-state index in [1.807, 2.05) is 26.8 Å². The molecule has 0 radical (unpaired) electrons. The molecule has 0 aliphatic rings. The molecule has 0 spiro atoms. The molecule has 9 nitrogen and oxygen atoms in total. The monoisotopic (exact) mass is 458 g/mol. The molecule has 0 aliphatic carbocycles. The van der Waals surface area contributed by atoms with Crippen LogP contribution >= 0.6 is 0 Å². The summed E-state index contributed by atoms with van der Waals surface area (Å²) in [6, 6.07) is 17.6. The molecule has 2 heterocycles. The third-order valence-electron chi connectivity index (χ3n) is 4.79. The van der Waals surface area contributed by atoms with E-state index in [-0.39, 0.29) is 6.03 Å². The first-order valence-electron chi connectivity index (χ1n) is 10.9. The maximum atomic E-state index is 12.3. The van der Waals surface area contributed by atoms with Crippen LogP contribution in [0.1, 0.15) is 24.1 Å². The lowest BCUT2D eigenvalue weighted by molar-refractivity contribution is 0.262. The lowest BCUT2D eigenvalue weighted by Gasteiger charge is -2.11. The maximum absolute atomic E-state index is 12.3. The van der Waals surface area contributed by atoms with E-state index in [9.17, 15) is 4.79 Å². The fourth-order valence-corrected chi connectivity index (χ4v) is 3.37. The van der Waals surface area contributed by atoms with Crippen molar-refractivity contribution in [1.29, 1.82) is 0 Å². The molecule has 0 fully saturated rings. The molecule has 4 rings (SSSR count). The number of urea groups is 1. The average molecular weight is 459 g/mol. The molecule has 34 heavy (non-hydrogen) atoms. The van der Waals surface area contributed by atoms with E-state index in [1.165, 1.54) is 0 Å². The summed E-state index contributed by atoms with van der Waals surface area (Å²) < 4.78 is 13.1. The Kier molecular flexibility index (Phi) is 6.72. The van der Waals surface area contributed by atoms with E-state index >= 15 is 0 Å². The first kappa shape index (κ1) is 22.8. The van der Waals surface area contributed by atoms with Crippen molar-refractivity contribution in [2.45, 2.75) is 27.7 Å². The minimum absolute atomic E-state index is 0.348. The number of hydrogen-bond acceptors (Lipinski definition) is 6. The number of ether oxygens (including phenoxy) is 2. The summed E-state index contributed by atoms with van der Waals surface area (Å²) in [5.74, 6) is 2.95. The summed E-state index contributed by atoms with van der Waals surface area (Å²) in [5, 5.41) is 10.1. The van der Waals surface area contributed by atoms with Crippen LogP contribution in [0.2, 0.25) is 0 Å². The quantitative estimate of drug-likeness (QED) is 0.383. The lowest BCUT2D eigenvalue weighted by Crippen LogP contribution is -2.19. The van der Waals surface area contributed by atoms with Crippen LogP contribution in [-0.4, -0.2) is 32.4 Å². The Hall–Kier alpha value is -4.40. The number of benzene rings is 2. The van der Waals surface area contributed by atoms with Gasteiger partial charge in [0.25, 0.3) is 0 Å². The predicted octanol–water partition coefficient (Wildman–Crippen LogP) is 5.42. The number of aromatic nitrogens is 4. The first-order chi connectivity index (χ1) is 16.4. The average Bonchev–Trinajstić information content (AvgIpc) is 3.14. The van der Waals surface area contributed by atoms with E-state index in [1.54, 1.807) is 66.2 Å². The van der Waals surface area contributed by atoms with Crippen LogP contribution in [0, 0.1) is 20.8 Å². The van der Waals surface area contributed by atoms with Gasteiger partial charge in [-0.25, -0.2) is 14.5 Å². The van der Waals surface area contributed by atoms with Gasteiger partial charge in [0.1, 0.15) is 17.3 Å². The highest BCUT2D eigenvalue weighted by atomic mass is 16.5. The van der Waals surface area contributed by atoms with Crippen LogP contribution in [0.5, 0.6) is 17.4 Å². The predicted molar refractivity (Wildman–Crippen MR) is 130 cm³/mol. The van der Waals surface area contributed by atoms with Gasteiger partial charge in [-0.3, -0.25) is 0 Å². The van der Waals surface area contributed by atoms with E-state index in [2.05, 4.69) is 25.7 Å². The Balaban J connectivity index is 1.39. The van der Waals surface area contributed by atoms with Gasteiger partial charge >= 0.3 is 6.03 Å². The Morgan fingerprint density at radius 3 is 2.06 bits per heavy atom. The molecule has 0 saturated carbocycles. The van der Waals surface area contributed by atoms with E-state index in [0.717, 1.165) is 17.1 Å². The molecule has 2 amide bonds. The first-order valence-corrected chi connectivity index (χ1v) is 10.9. The standard InChI is InChI=1S/C25H26N6O3/c1-5-33-21-10-6-19(7-11-21)28-25(32)29-20-8-12-22(13-9-20)34-24-15-23(26-18(4)27-24)31-17(3)14-16(2)30-31/h6-15H,5H2,1-4H3,(H2,28,29,32). The lowest BCUT2D eigenvalue weighted by atomic mass is 10.3. The third-order valence-corrected chi connectivity index (χ3v) is 4.79. The summed E-state index contributed by atoms with van der Waals surface area (Å²) >= 11 is 0. The molecule has 174 valence electrons. The number of amides is 2. The largest absolute Gasteiger partial charge is 0.494 e. The fraction of sp³-hybridized carbons (Fsp3) is 0.200. The van der Waals surface area contributed by atoms with Crippen molar-refractivity contribution in [3.63, 3.8) is 0 Å². The zero-order valence-corrected chi connectivity index (χ0v) is 19.5. The second kappa shape index (κ2) is 10.0. The van der Waals surface area contributed by atoms with Crippen LogP contribution in [0.4, 0.5) is 16.2 Å². The number of nitrogens with zero attached hydrogens (tertiary/aromatic N) is 4. The molecule has 2 aromatic carbocycles. The van der Waals surface area contributed by atoms with Gasteiger partial charge < -0.3 is 20.1 Å². The Bertz CT molecular complexity index is 1280. The molecular formula is C25H26N6O3. The minimum Gasteiger partial charge on any atom is -0.494 e. The van der Waals surface area contributed by atoms with Gasteiger partial charge in [-0.05, 0) is 82.3 Å². The fourth-order valence-electron chi connectivity index (χ4n) is 3.37. The molecule has 2 aromatic heterocycles. The van der Waals surface area contributed by atoms with Gasteiger partial charge in [0.2, 0.25) is 5.88 Å².